The summed E-state index contributed by atoms with van der Waals surface area (Å²) in [6, 6.07) is 7.57. The number of nitrogens with one attached hydrogen (secondary N) is 3. The van der Waals surface area contributed by atoms with Gasteiger partial charge in [0.25, 0.3) is 0 Å². The van der Waals surface area contributed by atoms with Crippen LogP contribution in [0.25, 0.3) is 0 Å². The lowest BCUT2D eigenvalue weighted by molar-refractivity contribution is -0.135. The van der Waals surface area contributed by atoms with Gasteiger partial charge in [0.2, 0.25) is 11.8 Å². The molecule has 148 valence electrons. The lowest BCUT2D eigenvalue weighted by Crippen LogP contribution is -2.50. The molecule has 1 aromatic rings. The van der Waals surface area contributed by atoms with Gasteiger partial charge >= 0.3 is 6.03 Å². The Morgan fingerprint density at radius 3 is 2.30 bits per heavy atom. The minimum Gasteiger partial charge on any atom is -0.352 e. The Balaban J connectivity index is 1.62. The summed E-state index contributed by atoms with van der Waals surface area (Å²) < 4.78 is 0. The molecule has 0 radical (unpaired) electrons. The molecule has 0 atom stereocenters. The molecule has 0 saturated carbocycles. The number of hydrogen-bond acceptors (Lipinski definition) is 3. The molecule has 1 heterocycles. The highest BCUT2D eigenvalue weighted by atomic mass is 16.2. The third kappa shape index (κ3) is 6.92. The van der Waals surface area contributed by atoms with Crippen LogP contribution in [0.5, 0.6) is 0 Å². The van der Waals surface area contributed by atoms with Gasteiger partial charge in [-0.3, -0.25) is 9.59 Å². The zero-order valence-electron chi connectivity index (χ0n) is 16.4. The first kappa shape index (κ1) is 20.7. The van der Waals surface area contributed by atoms with Crippen LogP contribution in [0.15, 0.2) is 24.3 Å². The van der Waals surface area contributed by atoms with Gasteiger partial charge in [-0.25, -0.2) is 4.79 Å². The summed E-state index contributed by atoms with van der Waals surface area (Å²) in [4.78, 5) is 37.7. The van der Waals surface area contributed by atoms with Crippen LogP contribution in [0.2, 0.25) is 0 Å². The molecule has 1 fully saturated rings. The zero-order valence-corrected chi connectivity index (χ0v) is 16.4. The fourth-order valence-corrected chi connectivity index (χ4v) is 3.00. The number of nitrogens with zero attached hydrogens (tertiary/aromatic N) is 1. The Kier molecular flexibility index (Phi) is 7.64. The molecule has 2 rings (SSSR count). The molecule has 0 aliphatic carbocycles. The van der Waals surface area contributed by atoms with Crippen LogP contribution in [-0.2, 0) is 16.1 Å². The van der Waals surface area contributed by atoms with E-state index in [-0.39, 0.29) is 36.3 Å². The van der Waals surface area contributed by atoms with E-state index in [9.17, 15) is 14.4 Å². The van der Waals surface area contributed by atoms with Crippen LogP contribution in [0, 0.1) is 12.8 Å². The summed E-state index contributed by atoms with van der Waals surface area (Å²) in [6.45, 7) is 7.46. The highest BCUT2D eigenvalue weighted by Gasteiger charge is 2.25. The molecule has 0 aromatic heterocycles. The Hall–Kier alpha value is -2.57. The molecule has 3 N–H and O–H groups in total. The average Bonchev–Trinajstić information content (AvgIpc) is 2.66. The molecule has 27 heavy (non-hydrogen) atoms. The van der Waals surface area contributed by atoms with Crippen molar-refractivity contribution >= 4 is 17.8 Å². The number of hydrogen-bond donors (Lipinski definition) is 3. The summed E-state index contributed by atoms with van der Waals surface area (Å²) in [7, 11) is 0. The molecule has 4 amide bonds. The predicted molar refractivity (Wildman–Crippen MR) is 104 cm³/mol. The molecule has 1 aliphatic heterocycles. The van der Waals surface area contributed by atoms with Crippen LogP contribution >= 0.6 is 0 Å². The van der Waals surface area contributed by atoms with Gasteiger partial charge in [-0.15, -0.1) is 0 Å². The number of piperidine rings is 1. The largest absolute Gasteiger partial charge is 0.352 e. The van der Waals surface area contributed by atoms with Crippen LogP contribution in [0.4, 0.5) is 4.79 Å². The van der Waals surface area contributed by atoms with Crippen molar-refractivity contribution in [2.24, 2.45) is 5.92 Å². The smallest absolute Gasteiger partial charge is 0.315 e. The summed E-state index contributed by atoms with van der Waals surface area (Å²) in [6.07, 6.45) is 1.48. The zero-order chi connectivity index (χ0) is 19.8. The standard InChI is InChI=1S/C20H30N4O3/c1-14(2)19(26)24-10-8-17(9-11-24)23-18(25)13-22-20(27)21-12-16-6-4-15(3)5-7-16/h4-7,14,17H,8-13H2,1-3H3,(H,23,25)(H2,21,22,27). The fourth-order valence-electron chi connectivity index (χ4n) is 3.00. The van der Waals surface area contributed by atoms with Crippen molar-refractivity contribution in [1.29, 1.82) is 0 Å². The van der Waals surface area contributed by atoms with Crippen molar-refractivity contribution in [1.82, 2.24) is 20.9 Å². The topological polar surface area (TPSA) is 90.5 Å². The Bertz CT molecular complexity index is 650. The number of likely N-dealkylation sites (tertiary alicyclic amines) is 1. The van der Waals surface area contributed by atoms with Crippen molar-refractivity contribution in [3.05, 3.63) is 35.4 Å². The second-order valence-corrected chi connectivity index (χ2v) is 7.34. The summed E-state index contributed by atoms with van der Waals surface area (Å²) in [5, 5.41) is 8.22. The van der Waals surface area contributed by atoms with E-state index in [4.69, 9.17) is 0 Å². The van der Waals surface area contributed by atoms with E-state index in [1.165, 1.54) is 5.56 Å². The number of amides is 4. The van der Waals surface area contributed by atoms with Crippen LogP contribution in [0.3, 0.4) is 0 Å². The van der Waals surface area contributed by atoms with E-state index >= 15 is 0 Å². The van der Waals surface area contributed by atoms with Gasteiger partial charge in [-0.05, 0) is 25.3 Å². The summed E-state index contributed by atoms with van der Waals surface area (Å²) >= 11 is 0. The normalized spacial score (nSPS) is 14.7. The van der Waals surface area contributed by atoms with Crippen molar-refractivity contribution < 1.29 is 14.4 Å². The third-order valence-corrected chi connectivity index (χ3v) is 4.65. The SMILES string of the molecule is Cc1ccc(CNC(=O)NCC(=O)NC2CCN(C(=O)C(C)C)CC2)cc1. The van der Waals surface area contributed by atoms with E-state index in [1.54, 1.807) is 0 Å². The lowest BCUT2D eigenvalue weighted by atomic mass is 10.0. The van der Waals surface area contributed by atoms with E-state index in [0.29, 0.717) is 19.6 Å². The van der Waals surface area contributed by atoms with Crippen LogP contribution in [-0.4, -0.2) is 48.4 Å². The van der Waals surface area contributed by atoms with E-state index in [2.05, 4.69) is 16.0 Å². The van der Waals surface area contributed by atoms with Gasteiger partial charge < -0.3 is 20.9 Å². The van der Waals surface area contributed by atoms with Gasteiger partial charge in [0, 0.05) is 31.6 Å². The third-order valence-electron chi connectivity index (χ3n) is 4.65. The van der Waals surface area contributed by atoms with Gasteiger partial charge in [-0.1, -0.05) is 43.7 Å². The number of aryl methyl sites for hydroxylation is 1. The van der Waals surface area contributed by atoms with Gasteiger partial charge in [-0.2, -0.15) is 0 Å². The quantitative estimate of drug-likeness (QED) is 0.706. The number of urea groups is 1. The number of carbonyl (C=O) groups excluding carboxylic acids is 3. The average molecular weight is 374 g/mol. The van der Waals surface area contributed by atoms with Crippen molar-refractivity contribution in [2.45, 2.75) is 46.2 Å². The number of carbonyl (C=O) groups is 3. The maximum atomic E-state index is 12.0. The maximum absolute atomic E-state index is 12.0. The van der Waals surface area contributed by atoms with Crippen molar-refractivity contribution in [2.75, 3.05) is 19.6 Å². The second-order valence-electron chi connectivity index (χ2n) is 7.34. The minimum atomic E-state index is -0.372. The monoisotopic (exact) mass is 374 g/mol. The first-order valence-corrected chi connectivity index (χ1v) is 9.50. The Morgan fingerprint density at radius 1 is 1.07 bits per heavy atom. The second kappa shape index (κ2) is 9.94. The van der Waals surface area contributed by atoms with Crippen LogP contribution in [0.1, 0.15) is 37.8 Å². The Morgan fingerprint density at radius 2 is 1.70 bits per heavy atom. The molecule has 7 nitrogen and oxygen atoms in total. The Labute approximate surface area is 160 Å². The van der Waals surface area contributed by atoms with Gasteiger partial charge in [0.1, 0.15) is 0 Å². The first-order valence-electron chi connectivity index (χ1n) is 9.50. The minimum absolute atomic E-state index is 0.00115. The molecule has 1 saturated heterocycles. The number of benzene rings is 1. The molecule has 0 bridgehead atoms. The van der Waals surface area contributed by atoms with Crippen LogP contribution < -0.4 is 16.0 Å². The van der Waals surface area contributed by atoms with Crippen molar-refractivity contribution in [3.8, 4) is 0 Å². The van der Waals surface area contributed by atoms with Gasteiger partial charge in [0.15, 0.2) is 0 Å². The van der Waals surface area contributed by atoms with E-state index < -0.39 is 0 Å². The van der Waals surface area contributed by atoms with E-state index in [0.717, 1.165) is 18.4 Å². The first-order chi connectivity index (χ1) is 12.8. The lowest BCUT2D eigenvalue weighted by Gasteiger charge is -2.33. The highest BCUT2D eigenvalue weighted by Crippen LogP contribution is 2.13. The molecular formula is C20H30N4O3. The molecule has 0 unspecified atom stereocenters. The number of rotatable bonds is 6. The predicted octanol–water partition coefficient (Wildman–Crippen LogP) is 1.56. The summed E-state index contributed by atoms with van der Waals surface area (Å²) in [5.74, 6) is -0.0559. The molecule has 1 aliphatic rings. The van der Waals surface area contributed by atoms with Gasteiger partial charge in [0.05, 0.1) is 6.54 Å². The molecular weight excluding hydrogens is 344 g/mol. The molecule has 0 spiro atoms. The fraction of sp³-hybridized carbons (Fsp3) is 0.550. The maximum Gasteiger partial charge on any atom is 0.315 e. The molecule has 1 aromatic carbocycles. The summed E-state index contributed by atoms with van der Waals surface area (Å²) in [5.41, 5.74) is 2.17. The molecule has 7 heteroatoms. The van der Waals surface area contributed by atoms with E-state index in [1.807, 2.05) is 49.9 Å². The van der Waals surface area contributed by atoms with Crippen molar-refractivity contribution in [3.63, 3.8) is 0 Å². The highest BCUT2D eigenvalue weighted by molar-refractivity contribution is 5.84.